The molecule has 8 nitrogen and oxygen atoms in total. The number of rotatable bonds is 3. The smallest absolute Gasteiger partial charge is 0.278 e. The molecule has 0 bridgehead atoms. The Morgan fingerprint density at radius 2 is 1.88 bits per heavy atom. The highest BCUT2D eigenvalue weighted by Gasteiger charge is 2.33. The van der Waals surface area contributed by atoms with E-state index < -0.39 is 10.0 Å². The van der Waals surface area contributed by atoms with E-state index in [2.05, 4.69) is 15.2 Å². The van der Waals surface area contributed by atoms with Crippen molar-refractivity contribution < 1.29 is 12.9 Å². The minimum atomic E-state index is -3.58. The molecule has 0 N–H and O–H groups in total. The van der Waals surface area contributed by atoms with E-state index in [-0.39, 0.29) is 6.54 Å². The van der Waals surface area contributed by atoms with Gasteiger partial charge in [0.05, 0.1) is 4.90 Å². The summed E-state index contributed by atoms with van der Waals surface area (Å²) < 4.78 is 34.5. The van der Waals surface area contributed by atoms with Gasteiger partial charge in [-0.15, -0.1) is 0 Å². The lowest BCUT2D eigenvalue weighted by molar-refractivity contribution is 0.385. The van der Waals surface area contributed by atoms with Crippen LogP contribution in [0, 0.1) is 13.8 Å². The van der Waals surface area contributed by atoms with E-state index in [4.69, 9.17) is 4.52 Å². The number of aryl methyl sites for hydroxylation is 3. The van der Waals surface area contributed by atoms with Gasteiger partial charge < -0.3 is 4.52 Å². The first-order chi connectivity index (χ1) is 12.4. The average molecular weight is 373 g/mol. The van der Waals surface area contributed by atoms with Gasteiger partial charge in [0.1, 0.15) is 0 Å². The molecule has 0 aliphatic carbocycles. The molecule has 4 rings (SSSR count). The second-order valence-corrected chi connectivity index (χ2v) is 8.38. The average Bonchev–Trinajstić information content (AvgIpc) is 3.18. The van der Waals surface area contributed by atoms with E-state index in [1.165, 1.54) is 4.31 Å². The number of fused-ring (bicyclic) bond motifs is 1. The summed E-state index contributed by atoms with van der Waals surface area (Å²) >= 11 is 0. The lowest BCUT2D eigenvalue weighted by Gasteiger charge is -2.26. The highest BCUT2D eigenvalue weighted by molar-refractivity contribution is 7.89. The van der Waals surface area contributed by atoms with Crippen molar-refractivity contribution >= 4 is 10.0 Å². The van der Waals surface area contributed by atoms with Crippen molar-refractivity contribution in [3.8, 4) is 11.6 Å². The van der Waals surface area contributed by atoms with Gasteiger partial charge in [0.25, 0.3) is 5.89 Å². The predicted octanol–water partition coefficient (Wildman–Crippen LogP) is 1.83. The van der Waals surface area contributed by atoms with Gasteiger partial charge in [-0.05, 0) is 26.0 Å². The van der Waals surface area contributed by atoms with Crippen LogP contribution in [0.25, 0.3) is 11.6 Å². The maximum absolute atomic E-state index is 13.0. The zero-order valence-electron chi connectivity index (χ0n) is 14.8. The molecule has 1 aromatic carbocycles. The Morgan fingerprint density at radius 3 is 2.54 bits per heavy atom. The SMILES string of the molecule is Cc1ccc(S(=O)(=O)N2CCc3c(c(-c4nc(C)no4)nn3C)C2)cc1. The molecule has 0 fully saturated rings. The van der Waals surface area contributed by atoms with E-state index >= 15 is 0 Å². The third kappa shape index (κ3) is 2.73. The summed E-state index contributed by atoms with van der Waals surface area (Å²) in [6.45, 7) is 4.30. The Labute approximate surface area is 151 Å². The van der Waals surface area contributed by atoms with E-state index in [0.717, 1.165) is 16.8 Å². The standard InChI is InChI=1S/C17H19N5O3S/c1-11-4-6-13(7-5-11)26(23,24)22-9-8-15-14(10-22)16(19-21(15)3)17-18-12(2)20-25-17/h4-7H,8-10H2,1-3H3. The van der Waals surface area contributed by atoms with E-state index in [1.807, 2.05) is 14.0 Å². The monoisotopic (exact) mass is 373 g/mol. The van der Waals surface area contributed by atoms with Gasteiger partial charge >= 0.3 is 0 Å². The van der Waals surface area contributed by atoms with Crippen LogP contribution in [0.4, 0.5) is 0 Å². The fourth-order valence-electron chi connectivity index (χ4n) is 3.20. The van der Waals surface area contributed by atoms with E-state index in [9.17, 15) is 8.42 Å². The molecule has 26 heavy (non-hydrogen) atoms. The lowest BCUT2D eigenvalue weighted by Crippen LogP contribution is -2.36. The van der Waals surface area contributed by atoms with Crippen molar-refractivity contribution in [2.24, 2.45) is 7.05 Å². The molecule has 3 aromatic rings. The molecule has 0 spiro atoms. The van der Waals surface area contributed by atoms with Gasteiger partial charge in [0.15, 0.2) is 11.5 Å². The molecule has 0 unspecified atom stereocenters. The van der Waals surface area contributed by atoms with Gasteiger partial charge in [-0.3, -0.25) is 4.68 Å². The molecule has 2 aromatic heterocycles. The molecule has 1 aliphatic rings. The van der Waals surface area contributed by atoms with Crippen LogP contribution in [0.3, 0.4) is 0 Å². The molecule has 0 saturated heterocycles. The van der Waals surface area contributed by atoms with Gasteiger partial charge in [-0.1, -0.05) is 22.9 Å². The third-order valence-electron chi connectivity index (χ3n) is 4.60. The van der Waals surface area contributed by atoms with Crippen LogP contribution < -0.4 is 0 Å². The minimum absolute atomic E-state index is 0.232. The minimum Gasteiger partial charge on any atom is -0.332 e. The Bertz CT molecular complexity index is 1070. The number of hydrogen-bond donors (Lipinski definition) is 0. The number of sulfonamides is 1. The van der Waals surface area contributed by atoms with Crippen molar-refractivity contribution in [1.82, 2.24) is 24.2 Å². The van der Waals surface area contributed by atoms with Crippen LogP contribution in [0.15, 0.2) is 33.7 Å². The fourth-order valence-corrected chi connectivity index (χ4v) is 4.61. The number of benzene rings is 1. The number of nitrogens with zero attached hydrogens (tertiary/aromatic N) is 5. The lowest BCUT2D eigenvalue weighted by atomic mass is 10.1. The Balaban J connectivity index is 1.72. The molecule has 3 heterocycles. The van der Waals surface area contributed by atoms with Crippen LogP contribution in [-0.4, -0.2) is 39.2 Å². The van der Waals surface area contributed by atoms with Crippen molar-refractivity contribution in [3.63, 3.8) is 0 Å². The summed E-state index contributed by atoms with van der Waals surface area (Å²) in [7, 11) is -1.73. The van der Waals surface area contributed by atoms with Crippen LogP contribution in [-0.2, 0) is 30.0 Å². The van der Waals surface area contributed by atoms with E-state index in [0.29, 0.717) is 35.3 Å². The quantitative estimate of drug-likeness (QED) is 0.695. The van der Waals surface area contributed by atoms with Crippen molar-refractivity contribution in [2.45, 2.75) is 31.7 Å². The largest absolute Gasteiger partial charge is 0.332 e. The summed E-state index contributed by atoms with van der Waals surface area (Å²) in [5, 5.41) is 8.28. The van der Waals surface area contributed by atoms with Gasteiger partial charge in [0.2, 0.25) is 10.0 Å². The first-order valence-corrected chi connectivity index (χ1v) is 9.72. The Kier molecular flexibility index (Phi) is 3.92. The zero-order chi connectivity index (χ0) is 18.5. The summed E-state index contributed by atoms with van der Waals surface area (Å²) in [5.74, 6) is 0.827. The first-order valence-electron chi connectivity index (χ1n) is 8.28. The molecule has 1 aliphatic heterocycles. The van der Waals surface area contributed by atoms with E-state index in [1.54, 1.807) is 35.9 Å². The maximum Gasteiger partial charge on any atom is 0.278 e. The maximum atomic E-state index is 13.0. The molecule has 136 valence electrons. The van der Waals surface area contributed by atoms with Gasteiger partial charge in [-0.25, -0.2) is 8.42 Å². The molecular formula is C17H19N5O3S. The predicted molar refractivity (Wildman–Crippen MR) is 93.7 cm³/mol. The molecule has 9 heteroatoms. The molecular weight excluding hydrogens is 354 g/mol. The van der Waals surface area contributed by atoms with Crippen LogP contribution in [0.1, 0.15) is 22.6 Å². The molecule has 0 amide bonds. The van der Waals surface area contributed by atoms with Crippen molar-refractivity contribution in [3.05, 3.63) is 46.9 Å². The van der Waals surface area contributed by atoms with Crippen LogP contribution in [0.2, 0.25) is 0 Å². The second-order valence-electron chi connectivity index (χ2n) is 6.45. The zero-order valence-corrected chi connectivity index (χ0v) is 15.6. The Morgan fingerprint density at radius 1 is 1.15 bits per heavy atom. The fraction of sp³-hybridized carbons (Fsp3) is 0.353. The Hall–Kier alpha value is -2.52. The second kappa shape index (κ2) is 6.03. The molecule has 0 saturated carbocycles. The number of hydrogen-bond acceptors (Lipinski definition) is 6. The normalized spacial score (nSPS) is 15.2. The van der Waals surface area contributed by atoms with Crippen molar-refractivity contribution in [1.29, 1.82) is 0 Å². The highest BCUT2D eigenvalue weighted by atomic mass is 32.2. The van der Waals surface area contributed by atoms with Crippen LogP contribution >= 0.6 is 0 Å². The van der Waals surface area contributed by atoms with Gasteiger partial charge in [0, 0.05) is 37.8 Å². The van der Waals surface area contributed by atoms with Crippen molar-refractivity contribution in [2.75, 3.05) is 6.54 Å². The summed E-state index contributed by atoms with van der Waals surface area (Å²) in [6.07, 6.45) is 0.580. The highest BCUT2D eigenvalue weighted by Crippen LogP contribution is 2.31. The number of aromatic nitrogens is 4. The summed E-state index contributed by atoms with van der Waals surface area (Å²) in [5.41, 5.74) is 3.38. The molecule has 0 radical (unpaired) electrons. The van der Waals surface area contributed by atoms with Gasteiger partial charge in [-0.2, -0.15) is 14.4 Å². The van der Waals surface area contributed by atoms with Crippen LogP contribution in [0.5, 0.6) is 0 Å². The first kappa shape index (κ1) is 16.9. The summed E-state index contributed by atoms with van der Waals surface area (Å²) in [6, 6.07) is 6.90. The topological polar surface area (TPSA) is 94.1 Å². The summed E-state index contributed by atoms with van der Waals surface area (Å²) in [4.78, 5) is 4.53. The molecule has 0 atom stereocenters. The third-order valence-corrected chi connectivity index (χ3v) is 6.46.